The van der Waals surface area contributed by atoms with Crippen LogP contribution in [0.3, 0.4) is 0 Å². The monoisotopic (exact) mass is 618 g/mol. The quantitative estimate of drug-likeness (QED) is 0.0519. The van der Waals surface area contributed by atoms with Crippen molar-refractivity contribution in [2.75, 3.05) is 0 Å². The van der Waals surface area contributed by atoms with Crippen molar-refractivity contribution in [3.8, 4) is 0 Å². The van der Waals surface area contributed by atoms with Crippen LogP contribution < -0.4 is 0 Å². The minimum Gasteiger partial charge on any atom is -0.481 e. The molecule has 0 saturated heterocycles. The van der Waals surface area contributed by atoms with Crippen LogP contribution in [0.1, 0.15) is 168 Å². The molecule has 0 unspecified atom stereocenters. The van der Waals surface area contributed by atoms with Crippen LogP contribution >= 0.6 is 0 Å². The average Bonchev–Trinajstić information content (AvgIpc) is 2.93. The van der Waals surface area contributed by atoms with E-state index in [4.69, 9.17) is 10.2 Å². The molecular formula is C36H64NiO4. The topological polar surface area (TPSA) is 74.6 Å². The summed E-state index contributed by atoms with van der Waals surface area (Å²) in [5, 5.41) is 17.0. The summed E-state index contributed by atoms with van der Waals surface area (Å²) in [6, 6.07) is 0. The third-order valence-corrected chi connectivity index (χ3v) is 6.68. The minimum absolute atomic E-state index is 0. The third kappa shape index (κ3) is 48.5. The van der Waals surface area contributed by atoms with Gasteiger partial charge < -0.3 is 10.2 Å². The molecule has 41 heavy (non-hydrogen) atoms. The Labute approximate surface area is 264 Å². The maximum atomic E-state index is 10.3. The van der Waals surface area contributed by atoms with Crippen LogP contribution in [-0.4, -0.2) is 22.2 Å². The van der Waals surface area contributed by atoms with Gasteiger partial charge in [-0.25, -0.2) is 0 Å². The molecule has 5 heteroatoms. The standard InChI is InChI=1S/2C18H32O2.Ni/c2*1-2-3-4-5-6-7-8-9-10-11-12-13-14-15-16-17-18(19)20;/h2*6-7,9-10H,2-5,8,11-17H2,1H3,(H,19,20);/b2*7-6-,10-9-;. The summed E-state index contributed by atoms with van der Waals surface area (Å²) >= 11 is 0. The van der Waals surface area contributed by atoms with Gasteiger partial charge in [0.05, 0.1) is 0 Å². The zero-order valence-electron chi connectivity index (χ0n) is 26.6. The molecule has 0 aliphatic heterocycles. The van der Waals surface area contributed by atoms with E-state index in [-0.39, 0.29) is 16.5 Å². The third-order valence-electron chi connectivity index (χ3n) is 6.68. The fourth-order valence-electron chi connectivity index (χ4n) is 4.18. The number of carboxylic acid groups (broad SMARTS) is 2. The first kappa shape index (κ1) is 43.8. The molecule has 0 aliphatic carbocycles. The molecule has 0 saturated carbocycles. The van der Waals surface area contributed by atoms with Crippen molar-refractivity contribution in [2.45, 2.75) is 168 Å². The maximum absolute atomic E-state index is 10.3. The van der Waals surface area contributed by atoms with Crippen molar-refractivity contribution in [3.63, 3.8) is 0 Å². The summed E-state index contributed by atoms with van der Waals surface area (Å²) in [5.74, 6) is -1.34. The smallest absolute Gasteiger partial charge is 0.303 e. The second kappa shape index (κ2) is 40.5. The molecule has 0 spiro atoms. The van der Waals surface area contributed by atoms with Gasteiger partial charge in [0.15, 0.2) is 0 Å². The Hall–Kier alpha value is -1.61. The van der Waals surface area contributed by atoms with Gasteiger partial charge in [0.25, 0.3) is 0 Å². The Kier molecular flexibility index (Phi) is 43.3. The molecule has 0 radical (unpaired) electrons. The van der Waals surface area contributed by atoms with E-state index in [2.05, 4.69) is 62.5 Å². The largest absolute Gasteiger partial charge is 0.481 e. The summed E-state index contributed by atoms with van der Waals surface area (Å²) in [6.45, 7) is 4.47. The van der Waals surface area contributed by atoms with Gasteiger partial charge in [-0.2, -0.15) is 0 Å². The molecule has 0 rings (SSSR count). The Morgan fingerprint density at radius 2 is 0.683 bits per heavy atom. The molecule has 0 aromatic heterocycles. The van der Waals surface area contributed by atoms with E-state index < -0.39 is 11.9 Å². The van der Waals surface area contributed by atoms with Gasteiger partial charge in [-0.05, 0) is 77.0 Å². The van der Waals surface area contributed by atoms with Crippen molar-refractivity contribution in [3.05, 3.63) is 48.6 Å². The summed E-state index contributed by atoms with van der Waals surface area (Å²) < 4.78 is 0. The van der Waals surface area contributed by atoms with Crippen LogP contribution in [0.2, 0.25) is 0 Å². The Bertz CT molecular complexity index is 596. The van der Waals surface area contributed by atoms with E-state index in [1.165, 1.54) is 89.9 Å². The average molecular weight is 620 g/mol. The second-order valence-corrected chi connectivity index (χ2v) is 10.7. The molecular weight excluding hydrogens is 555 g/mol. The molecule has 0 bridgehead atoms. The predicted molar refractivity (Wildman–Crippen MR) is 174 cm³/mol. The van der Waals surface area contributed by atoms with Crippen LogP contribution in [0.25, 0.3) is 0 Å². The summed E-state index contributed by atoms with van der Waals surface area (Å²) in [5.41, 5.74) is 0. The van der Waals surface area contributed by atoms with E-state index >= 15 is 0 Å². The van der Waals surface area contributed by atoms with Gasteiger partial charge in [0.1, 0.15) is 0 Å². The van der Waals surface area contributed by atoms with Gasteiger partial charge in [-0.3, -0.25) is 9.59 Å². The Morgan fingerprint density at radius 3 is 0.976 bits per heavy atom. The van der Waals surface area contributed by atoms with Crippen LogP contribution in [0.15, 0.2) is 48.6 Å². The van der Waals surface area contributed by atoms with Crippen LogP contribution in [-0.2, 0) is 26.1 Å². The van der Waals surface area contributed by atoms with Crippen molar-refractivity contribution in [1.82, 2.24) is 0 Å². The molecule has 0 aromatic rings. The zero-order chi connectivity index (χ0) is 29.8. The van der Waals surface area contributed by atoms with Crippen molar-refractivity contribution in [1.29, 1.82) is 0 Å². The van der Waals surface area contributed by atoms with Gasteiger partial charge >= 0.3 is 11.9 Å². The number of unbranched alkanes of at least 4 members (excludes halogenated alkanes) is 16. The van der Waals surface area contributed by atoms with E-state index in [1.54, 1.807) is 0 Å². The SMILES string of the molecule is CCCCC/C=C\C/C=C\CCCCCCCC(=O)O.CCCCC/C=C\C/C=C\CCCCCCCC(=O)O.[Ni]. The van der Waals surface area contributed by atoms with Crippen molar-refractivity contribution < 1.29 is 36.3 Å². The number of carboxylic acids is 2. The molecule has 0 aliphatic rings. The molecule has 0 fully saturated rings. The zero-order valence-corrected chi connectivity index (χ0v) is 27.6. The van der Waals surface area contributed by atoms with Gasteiger partial charge in [-0.15, -0.1) is 0 Å². The van der Waals surface area contributed by atoms with E-state index in [1.807, 2.05) is 0 Å². The van der Waals surface area contributed by atoms with E-state index in [9.17, 15) is 9.59 Å². The first-order chi connectivity index (χ1) is 19.5. The van der Waals surface area contributed by atoms with Crippen molar-refractivity contribution >= 4 is 11.9 Å². The van der Waals surface area contributed by atoms with Crippen LogP contribution in [0.4, 0.5) is 0 Å². The predicted octanol–water partition coefficient (Wildman–Crippen LogP) is 11.8. The summed E-state index contributed by atoms with van der Waals surface area (Å²) in [4.78, 5) is 20.6. The van der Waals surface area contributed by atoms with Crippen LogP contribution in [0, 0.1) is 0 Å². The van der Waals surface area contributed by atoms with E-state index in [0.717, 1.165) is 51.4 Å². The molecule has 0 aromatic carbocycles. The molecule has 2 N–H and O–H groups in total. The number of carbonyl (C=O) groups is 2. The number of hydrogen-bond acceptors (Lipinski definition) is 2. The number of aliphatic carboxylic acids is 2. The fraction of sp³-hybridized carbons (Fsp3) is 0.722. The number of allylic oxidation sites excluding steroid dienone is 8. The van der Waals surface area contributed by atoms with Gasteiger partial charge in [0.2, 0.25) is 0 Å². The van der Waals surface area contributed by atoms with Gasteiger partial charge in [0, 0.05) is 29.3 Å². The summed E-state index contributed by atoms with van der Waals surface area (Å²) in [7, 11) is 0. The van der Waals surface area contributed by atoms with Crippen molar-refractivity contribution in [2.24, 2.45) is 0 Å². The van der Waals surface area contributed by atoms with Crippen LogP contribution in [0.5, 0.6) is 0 Å². The Balaban J connectivity index is -0.000000688. The number of hydrogen-bond donors (Lipinski definition) is 2. The van der Waals surface area contributed by atoms with E-state index in [0.29, 0.717) is 12.8 Å². The Morgan fingerprint density at radius 1 is 0.415 bits per heavy atom. The molecule has 0 atom stereocenters. The molecule has 0 amide bonds. The first-order valence-corrected chi connectivity index (χ1v) is 16.6. The van der Waals surface area contributed by atoms with Gasteiger partial charge in [-0.1, -0.05) is 127 Å². The second-order valence-electron chi connectivity index (χ2n) is 10.7. The normalized spacial score (nSPS) is 11.4. The first-order valence-electron chi connectivity index (χ1n) is 16.6. The molecule has 0 heterocycles. The number of rotatable bonds is 28. The fourth-order valence-corrected chi connectivity index (χ4v) is 4.18. The summed E-state index contributed by atoms with van der Waals surface area (Å²) in [6.07, 6.45) is 44.6. The molecule has 4 nitrogen and oxygen atoms in total. The minimum atomic E-state index is -0.671. The molecule has 242 valence electrons. The maximum Gasteiger partial charge on any atom is 0.303 e.